The summed E-state index contributed by atoms with van der Waals surface area (Å²) in [5.74, 6) is -0.248. The summed E-state index contributed by atoms with van der Waals surface area (Å²) in [7, 11) is 0. The predicted octanol–water partition coefficient (Wildman–Crippen LogP) is 2.49. The van der Waals surface area contributed by atoms with Crippen LogP contribution < -0.4 is 0 Å². The molecule has 3 heteroatoms. The van der Waals surface area contributed by atoms with Crippen LogP contribution in [-0.2, 0) is 6.54 Å². The third-order valence-corrected chi connectivity index (χ3v) is 2.25. The fourth-order valence-electron chi connectivity index (χ4n) is 1.46. The maximum absolute atomic E-state index is 12.6. The van der Waals surface area contributed by atoms with E-state index in [2.05, 4.69) is 0 Å². The van der Waals surface area contributed by atoms with Crippen LogP contribution in [0.15, 0.2) is 42.6 Å². The fraction of sp³-hybridized carbons (Fsp3) is 0.0833. The molecule has 0 atom stereocenters. The Labute approximate surface area is 87.0 Å². The van der Waals surface area contributed by atoms with Gasteiger partial charge < -0.3 is 4.57 Å². The maximum Gasteiger partial charge on any atom is 0.166 e. The second-order valence-corrected chi connectivity index (χ2v) is 3.31. The molecule has 0 saturated carbocycles. The summed E-state index contributed by atoms with van der Waals surface area (Å²) in [6.45, 7) is 0.585. The Kier molecular flexibility index (Phi) is 2.63. The quantitative estimate of drug-likeness (QED) is 0.702. The average Bonchev–Trinajstić information content (AvgIpc) is 2.69. The first-order valence-corrected chi connectivity index (χ1v) is 4.64. The molecule has 76 valence electrons. The molecule has 1 heterocycles. The van der Waals surface area contributed by atoms with Crippen molar-refractivity contribution in [3.05, 3.63) is 59.7 Å². The largest absolute Gasteiger partial charge is 0.341 e. The van der Waals surface area contributed by atoms with Crippen LogP contribution in [0.3, 0.4) is 0 Å². The second-order valence-electron chi connectivity index (χ2n) is 3.31. The van der Waals surface area contributed by atoms with Crippen molar-refractivity contribution in [2.24, 2.45) is 0 Å². The number of aldehydes is 1. The standard InChI is InChI=1S/C12H10FNO/c13-11-5-3-10(4-6-11)8-14-7-1-2-12(14)9-15/h1-7,9H,8H2. The van der Waals surface area contributed by atoms with E-state index < -0.39 is 0 Å². The number of rotatable bonds is 3. The van der Waals surface area contributed by atoms with Crippen molar-refractivity contribution < 1.29 is 9.18 Å². The molecule has 0 aliphatic carbocycles. The van der Waals surface area contributed by atoms with Crippen molar-refractivity contribution in [1.82, 2.24) is 4.57 Å². The van der Waals surface area contributed by atoms with Gasteiger partial charge in [-0.15, -0.1) is 0 Å². The molecule has 2 rings (SSSR count). The Balaban J connectivity index is 2.21. The molecule has 2 nitrogen and oxygen atoms in total. The van der Waals surface area contributed by atoms with Gasteiger partial charge in [-0.2, -0.15) is 0 Å². The second kappa shape index (κ2) is 4.09. The molecular formula is C12H10FNO. The van der Waals surface area contributed by atoms with E-state index in [0.29, 0.717) is 12.2 Å². The van der Waals surface area contributed by atoms with E-state index in [0.717, 1.165) is 11.8 Å². The van der Waals surface area contributed by atoms with Crippen molar-refractivity contribution in [3.63, 3.8) is 0 Å². The highest BCUT2D eigenvalue weighted by Gasteiger charge is 2.00. The number of benzene rings is 1. The van der Waals surface area contributed by atoms with Gasteiger partial charge in [0.2, 0.25) is 0 Å². The summed E-state index contributed by atoms with van der Waals surface area (Å²) in [6, 6.07) is 9.82. The lowest BCUT2D eigenvalue weighted by Gasteiger charge is -2.05. The van der Waals surface area contributed by atoms with E-state index in [4.69, 9.17) is 0 Å². The zero-order chi connectivity index (χ0) is 10.7. The van der Waals surface area contributed by atoms with Crippen molar-refractivity contribution in [1.29, 1.82) is 0 Å². The maximum atomic E-state index is 12.6. The van der Waals surface area contributed by atoms with Gasteiger partial charge in [0.25, 0.3) is 0 Å². The van der Waals surface area contributed by atoms with Gasteiger partial charge in [0.15, 0.2) is 6.29 Å². The molecule has 0 N–H and O–H groups in total. The zero-order valence-corrected chi connectivity index (χ0v) is 8.06. The van der Waals surface area contributed by atoms with Crippen LogP contribution in [0, 0.1) is 5.82 Å². The van der Waals surface area contributed by atoms with Crippen molar-refractivity contribution in [2.45, 2.75) is 6.54 Å². The van der Waals surface area contributed by atoms with Crippen LogP contribution in [0.4, 0.5) is 4.39 Å². The molecule has 0 radical (unpaired) electrons. The molecule has 0 aliphatic heterocycles. The Morgan fingerprint density at radius 3 is 2.60 bits per heavy atom. The molecular weight excluding hydrogens is 193 g/mol. The lowest BCUT2D eigenvalue weighted by molar-refractivity contribution is 0.111. The smallest absolute Gasteiger partial charge is 0.166 e. The lowest BCUT2D eigenvalue weighted by atomic mass is 10.2. The summed E-state index contributed by atoms with van der Waals surface area (Å²) in [5.41, 5.74) is 1.59. The molecule has 0 aliphatic rings. The molecule has 2 aromatic rings. The predicted molar refractivity (Wildman–Crippen MR) is 55.3 cm³/mol. The third-order valence-electron chi connectivity index (χ3n) is 2.25. The molecule has 0 saturated heterocycles. The minimum absolute atomic E-state index is 0.248. The van der Waals surface area contributed by atoms with Gasteiger partial charge in [-0.25, -0.2) is 4.39 Å². The summed E-state index contributed by atoms with van der Waals surface area (Å²) >= 11 is 0. The topological polar surface area (TPSA) is 22.0 Å². The van der Waals surface area contributed by atoms with Crippen LogP contribution >= 0.6 is 0 Å². The molecule has 1 aromatic carbocycles. The SMILES string of the molecule is O=Cc1cccn1Cc1ccc(F)cc1. The third kappa shape index (κ3) is 2.13. The Bertz CT molecular complexity index is 459. The molecule has 0 spiro atoms. The van der Waals surface area contributed by atoms with Gasteiger partial charge in [-0.05, 0) is 29.8 Å². The molecule has 0 unspecified atom stereocenters. The van der Waals surface area contributed by atoms with Gasteiger partial charge in [0.1, 0.15) is 5.82 Å². The lowest BCUT2D eigenvalue weighted by Crippen LogP contribution is -2.01. The summed E-state index contributed by atoms with van der Waals surface area (Å²) < 4.78 is 14.5. The normalized spacial score (nSPS) is 10.2. The minimum atomic E-state index is -0.248. The summed E-state index contributed by atoms with van der Waals surface area (Å²) in [5, 5.41) is 0. The molecule has 0 fully saturated rings. The Morgan fingerprint density at radius 1 is 1.20 bits per heavy atom. The summed E-state index contributed by atoms with van der Waals surface area (Å²) in [6.07, 6.45) is 2.64. The number of hydrogen-bond donors (Lipinski definition) is 0. The van der Waals surface area contributed by atoms with Crippen LogP contribution in [0.5, 0.6) is 0 Å². The molecule has 15 heavy (non-hydrogen) atoms. The molecule has 1 aromatic heterocycles. The minimum Gasteiger partial charge on any atom is -0.341 e. The first-order valence-electron chi connectivity index (χ1n) is 4.64. The van der Waals surface area contributed by atoms with Gasteiger partial charge in [0.05, 0.1) is 5.69 Å². The van der Waals surface area contributed by atoms with Crippen LogP contribution in [0.1, 0.15) is 16.1 Å². The van der Waals surface area contributed by atoms with E-state index in [1.54, 1.807) is 18.2 Å². The highest BCUT2D eigenvalue weighted by Crippen LogP contribution is 2.07. The van der Waals surface area contributed by atoms with Crippen LogP contribution in [0.2, 0.25) is 0 Å². The Hall–Kier alpha value is -1.90. The van der Waals surface area contributed by atoms with Gasteiger partial charge in [0, 0.05) is 12.7 Å². The van der Waals surface area contributed by atoms with Gasteiger partial charge in [-0.1, -0.05) is 12.1 Å². The Morgan fingerprint density at radius 2 is 1.93 bits per heavy atom. The van der Waals surface area contributed by atoms with Crippen molar-refractivity contribution in [2.75, 3.05) is 0 Å². The number of hydrogen-bond acceptors (Lipinski definition) is 1. The fourth-order valence-corrected chi connectivity index (χ4v) is 1.46. The highest BCUT2D eigenvalue weighted by atomic mass is 19.1. The molecule has 0 amide bonds. The van der Waals surface area contributed by atoms with E-state index in [-0.39, 0.29) is 5.82 Å². The average molecular weight is 203 g/mol. The van der Waals surface area contributed by atoms with Gasteiger partial charge in [-0.3, -0.25) is 4.79 Å². The number of aromatic nitrogens is 1. The highest BCUT2D eigenvalue weighted by molar-refractivity contribution is 5.72. The number of nitrogens with zero attached hydrogens (tertiary/aromatic N) is 1. The first kappa shape index (κ1) is 9.65. The van der Waals surface area contributed by atoms with Crippen molar-refractivity contribution in [3.8, 4) is 0 Å². The van der Waals surface area contributed by atoms with E-state index >= 15 is 0 Å². The van der Waals surface area contributed by atoms with E-state index in [1.807, 2.05) is 16.8 Å². The van der Waals surface area contributed by atoms with Gasteiger partial charge >= 0.3 is 0 Å². The van der Waals surface area contributed by atoms with Crippen LogP contribution in [-0.4, -0.2) is 10.9 Å². The zero-order valence-electron chi connectivity index (χ0n) is 8.06. The summed E-state index contributed by atoms with van der Waals surface area (Å²) in [4.78, 5) is 10.7. The molecule has 0 bridgehead atoms. The first-order chi connectivity index (χ1) is 7.29. The number of carbonyl (C=O) groups excluding carboxylic acids is 1. The van der Waals surface area contributed by atoms with E-state index in [1.165, 1.54) is 12.1 Å². The van der Waals surface area contributed by atoms with Crippen molar-refractivity contribution >= 4 is 6.29 Å². The van der Waals surface area contributed by atoms with Crippen LogP contribution in [0.25, 0.3) is 0 Å². The monoisotopic (exact) mass is 203 g/mol. The van der Waals surface area contributed by atoms with E-state index in [9.17, 15) is 9.18 Å². The number of carbonyl (C=O) groups is 1. The number of halogens is 1.